The molecule has 0 aliphatic carbocycles. The summed E-state index contributed by atoms with van der Waals surface area (Å²) >= 11 is 9.35. The predicted molar refractivity (Wildman–Crippen MR) is 90.6 cm³/mol. The summed E-state index contributed by atoms with van der Waals surface area (Å²) in [4.78, 5) is 24.1. The number of hydrogen-bond donors (Lipinski definition) is 2. The Hall–Kier alpha value is -1.79. The van der Waals surface area contributed by atoms with Crippen molar-refractivity contribution < 1.29 is 9.59 Å². The van der Waals surface area contributed by atoms with Crippen molar-refractivity contribution in [3.63, 3.8) is 0 Å². The third-order valence-electron chi connectivity index (χ3n) is 3.13. The van der Waals surface area contributed by atoms with Crippen molar-refractivity contribution in [1.29, 1.82) is 0 Å². The minimum absolute atomic E-state index is 0.252. The van der Waals surface area contributed by atoms with Crippen LogP contribution >= 0.6 is 27.5 Å². The second-order valence-corrected chi connectivity index (χ2v) is 5.88. The molecule has 0 bridgehead atoms. The number of aromatic nitrogens is 1. The van der Waals surface area contributed by atoms with Gasteiger partial charge in [-0.3, -0.25) is 9.59 Å². The van der Waals surface area contributed by atoms with Crippen LogP contribution in [0.3, 0.4) is 0 Å². The van der Waals surface area contributed by atoms with Crippen LogP contribution in [0.5, 0.6) is 0 Å². The molecular formula is C15H15BrClN3O2. The van der Waals surface area contributed by atoms with Crippen molar-refractivity contribution in [2.45, 2.75) is 13.5 Å². The van der Waals surface area contributed by atoms with Crippen molar-refractivity contribution in [2.24, 2.45) is 0 Å². The lowest BCUT2D eigenvalue weighted by molar-refractivity contribution is 0.0961. The molecule has 5 nitrogen and oxygen atoms in total. The maximum atomic E-state index is 12.4. The Morgan fingerprint density at radius 1 is 1.27 bits per heavy atom. The van der Waals surface area contributed by atoms with Gasteiger partial charge in [0.15, 0.2) is 0 Å². The van der Waals surface area contributed by atoms with Gasteiger partial charge < -0.3 is 15.2 Å². The minimum atomic E-state index is -0.305. The van der Waals surface area contributed by atoms with Crippen molar-refractivity contribution in [3.05, 3.63) is 51.2 Å². The number of carbonyl (C=O) groups excluding carboxylic acids is 2. The monoisotopic (exact) mass is 383 g/mol. The molecule has 0 saturated heterocycles. The zero-order valence-electron chi connectivity index (χ0n) is 12.1. The SMILES string of the molecule is CCn1cc(Br)cc1C(=O)Nc1ccc(Cl)c(C(=O)NC)c1. The van der Waals surface area contributed by atoms with E-state index < -0.39 is 0 Å². The average Bonchev–Trinajstić information content (AvgIpc) is 2.89. The minimum Gasteiger partial charge on any atom is -0.355 e. The molecule has 0 radical (unpaired) electrons. The number of aryl methyl sites for hydroxylation is 1. The van der Waals surface area contributed by atoms with Crippen LogP contribution in [0.25, 0.3) is 0 Å². The van der Waals surface area contributed by atoms with E-state index in [4.69, 9.17) is 11.6 Å². The van der Waals surface area contributed by atoms with Gasteiger partial charge in [0.1, 0.15) is 5.69 Å². The van der Waals surface area contributed by atoms with E-state index in [1.807, 2.05) is 17.7 Å². The van der Waals surface area contributed by atoms with E-state index in [0.29, 0.717) is 28.5 Å². The predicted octanol–water partition coefficient (Wildman–Crippen LogP) is 3.54. The summed E-state index contributed by atoms with van der Waals surface area (Å²) in [6, 6.07) is 6.53. The van der Waals surface area contributed by atoms with Crippen LogP contribution in [0.15, 0.2) is 34.9 Å². The van der Waals surface area contributed by atoms with Gasteiger partial charge in [-0.05, 0) is 47.1 Å². The third kappa shape index (κ3) is 3.51. The Bertz CT molecular complexity index is 728. The van der Waals surface area contributed by atoms with Crippen LogP contribution < -0.4 is 10.6 Å². The molecule has 2 rings (SSSR count). The van der Waals surface area contributed by atoms with E-state index in [0.717, 1.165) is 4.47 Å². The molecule has 116 valence electrons. The van der Waals surface area contributed by atoms with Gasteiger partial charge >= 0.3 is 0 Å². The molecule has 2 aromatic rings. The van der Waals surface area contributed by atoms with E-state index in [9.17, 15) is 9.59 Å². The van der Waals surface area contributed by atoms with Gasteiger partial charge in [0.25, 0.3) is 11.8 Å². The average molecular weight is 385 g/mol. The van der Waals surface area contributed by atoms with Crippen LogP contribution in [0.1, 0.15) is 27.8 Å². The lowest BCUT2D eigenvalue weighted by Crippen LogP contribution is -2.20. The highest BCUT2D eigenvalue weighted by atomic mass is 79.9. The maximum absolute atomic E-state index is 12.4. The fraction of sp³-hybridized carbons (Fsp3) is 0.200. The first-order valence-corrected chi connectivity index (χ1v) is 7.82. The molecule has 0 spiro atoms. The van der Waals surface area contributed by atoms with Gasteiger partial charge in [-0.2, -0.15) is 0 Å². The smallest absolute Gasteiger partial charge is 0.272 e. The molecule has 0 aliphatic heterocycles. The van der Waals surface area contributed by atoms with Gasteiger partial charge in [0.05, 0.1) is 10.6 Å². The molecule has 1 aromatic carbocycles. The van der Waals surface area contributed by atoms with Crippen molar-refractivity contribution >= 4 is 45.0 Å². The zero-order chi connectivity index (χ0) is 16.3. The van der Waals surface area contributed by atoms with Gasteiger partial charge in [-0.1, -0.05) is 11.6 Å². The van der Waals surface area contributed by atoms with Gasteiger partial charge in [-0.25, -0.2) is 0 Å². The summed E-state index contributed by atoms with van der Waals surface area (Å²) in [6.45, 7) is 2.63. The Morgan fingerprint density at radius 3 is 2.64 bits per heavy atom. The molecule has 1 aromatic heterocycles. The molecule has 2 N–H and O–H groups in total. The topological polar surface area (TPSA) is 63.1 Å². The third-order valence-corrected chi connectivity index (χ3v) is 3.90. The number of rotatable bonds is 4. The molecule has 0 aliphatic rings. The van der Waals surface area contributed by atoms with E-state index in [1.54, 1.807) is 24.3 Å². The zero-order valence-corrected chi connectivity index (χ0v) is 14.5. The van der Waals surface area contributed by atoms with Gasteiger partial charge in [-0.15, -0.1) is 0 Å². The molecule has 0 saturated carbocycles. The van der Waals surface area contributed by atoms with Crippen LogP contribution in [-0.2, 0) is 6.54 Å². The summed E-state index contributed by atoms with van der Waals surface area (Å²) in [7, 11) is 1.52. The number of halogens is 2. The maximum Gasteiger partial charge on any atom is 0.272 e. The number of anilines is 1. The Kier molecular flexibility index (Phi) is 5.26. The van der Waals surface area contributed by atoms with E-state index in [-0.39, 0.29) is 11.8 Å². The van der Waals surface area contributed by atoms with Crippen molar-refractivity contribution in [1.82, 2.24) is 9.88 Å². The van der Waals surface area contributed by atoms with Crippen molar-refractivity contribution in [2.75, 3.05) is 12.4 Å². The van der Waals surface area contributed by atoms with Gasteiger partial charge in [0, 0.05) is 29.9 Å². The molecule has 7 heteroatoms. The largest absolute Gasteiger partial charge is 0.355 e. The number of hydrogen-bond acceptors (Lipinski definition) is 2. The van der Waals surface area contributed by atoms with E-state index >= 15 is 0 Å². The molecule has 2 amide bonds. The number of nitrogens with one attached hydrogen (secondary N) is 2. The van der Waals surface area contributed by atoms with E-state index in [2.05, 4.69) is 26.6 Å². The molecule has 0 unspecified atom stereocenters. The normalized spacial score (nSPS) is 10.4. The standard InChI is InChI=1S/C15H15BrClN3O2/c1-3-20-8-9(16)6-13(20)15(22)19-10-4-5-12(17)11(7-10)14(21)18-2/h4-8H,3H2,1-2H3,(H,18,21)(H,19,22). The molecule has 1 heterocycles. The van der Waals surface area contributed by atoms with Crippen LogP contribution in [0.4, 0.5) is 5.69 Å². The number of benzene rings is 1. The number of carbonyl (C=O) groups is 2. The summed E-state index contributed by atoms with van der Waals surface area (Å²) in [6.07, 6.45) is 1.84. The Labute approximate surface area is 141 Å². The first kappa shape index (κ1) is 16.6. The highest BCUT2D eigenvalue weighted by molar-refractivity contribution is 9.10. The Balaban J connectivity index is 2.27. The molecular weight excluding hydrogens is 370 g/mol. The summed E-state index contributed by atoms with van der Waals surface area (Å²) in [5, 5.41) is 5.61. The fourth-order valence-electron chi connectivity index (χ4n) is 2.03. The van der Waals surface area contributed by atoms with Crippen LogP contribution in [0, 0.1) is 0 Å². The summed E-state index contributed by atoms with van der Waals surface area (Å²) in [5.41, 5.74) is 1.35. The first-order chi connectivity index (χ1) is 10.5. The summed E-state index contributed by atoms with van der Waals surface area (Å²) < 4.78 is 2.66. The second-order valence-electron chi connectivity index (χ2n) is 4.56. The number of nitrogens with zero attached hydrogens (tertiary/aromatic N) is 1. The van der Waals surface area contributed by atoms with Crippen molar-refractivity contribution in [3.8, 4) is 0 Å². The quantitative estimate of drug-likeness (QED) is 0.847. The van der Waals surface area contributed by atoms with E-state index in [1.165, 1.54) is 7.05 Å². The number of amides is 2. The second kappa shape index (κ2) is 6.98. The van der Waals surface area contributed by atoms with Crippen LogP contribution in [0.2, 0.25) is 5.02 Å². The summed E-state index contributed by atoms with van der Waals surface area (Å²) in [5.74, 6) is -0.557. The fourth-order valence-corrected chi connectivity index (χ4v) is 2.70. The molecule has 0 fully saturated rings. The lowest BCUT2D eigenvalue weighted by atomic mass is 10.2. The lowest BCUT2D eigenvalue weighted by Gasteiger charge is -2.10. The molecule has 22 heavy (non-hydrogen) atoms. The van der Waals surface area contributed by atoms with Gasteiger partial charge in [0.2, 0.25) is 0 Å². The van der Waals surface area contributed by atoms with Crippen LogP contribution in [-0.4, -0.2) is 23.4 Å². The highest BCUT2D eigenvalue weighted by Crippen LogP contribution is 2.22. The first-order valence-electron chi connectivity index (χ1n) is 6.65. The molecule has 0 atom stereocenters. The highest BCUT2D eigenvalue weighted by Gasteiger charge is 2.14. The Morgan fingerprint density at radius 2 is 2.00 bits per heavy atom.